The summed E-state index contributed by atoms with van der Waals surface area (Å²) in [6, 6.07) is 0. The Labute approximate surface area is 66.7 Å². The number of aromatic nitrogens is 1. The molecule has 0 aliphatic heterocycles. The van der Waals surface area contributed by atoms with Gasteiger partial charge >= 0.3 is 0 Å². The maximum atomic E-state index is 5.43. The molecule has 0 radical (unpaired) electrons. The van der Waals surface area contributed by atoms with Crippen LogP contribution >= 0.6 is 15.9 Å². The fourth-order valence-electron chi connectivity index (χ4n) is 0.915. The predicted octanol–water partition coefficient (Wildman–Crippen LogP) is 1.90. The Morgan fingerprint density at radius 1 is 1.60 bits per heavy atom. The monoisotopic (exact) mass is 202 g/mol. The predicted molar refractivity (Wildman–Crippen MR) is 40.6 cm³/mol. The van der Waals surface area contributed by atoms with E-state index in [2.05, 4.69) is 21.1 Å². The van der Waals surface area contributed by atoms with Crippen molar-refractivity contribution in [2.75, 3.05) is 5.73 Å². The summed E-state index contributed by atoms with van der Waals surface area (Å²) < 4.78 is 5.62. The highest BCUT2D eigenvalue weighted by molar-refractivity contribution is 9.10. The Morgan fingerprint density at radius 3 is 2.70 bits per heavy atom. The zero-order valence-electron chi connectivity index (χ0n) is 5.30. The van der Waals surface area contributed by atoms with Crippen LogP contribution in [-0.2, 0) is 0 Å². The number of nitrogens with two attached hydrogens (primary N) is 1. The maximum Gasteiger partial charge on any atom is 0.236 e. The lowest BCUT2D eigenvalue weighted by Gasteiger charge is -1.85. The largest absolute Gasteiger partial charge is 0.367 e. The van der Waals surface area contributed by atoms with Crippen molar-refractivity contribution < 1.29 is 4.52 Å². The van der Waals surface area contributed by atoms with E-state index in [9.17, 15) is 0 Å². The van der Waals surface area contributed by atoms with Gasteiger partial charge in [0.25, 0.3) is 0 Å². The van der Waals surface area contributed by atoms with Gasteiger partial charge in [-0.25, -0.2) is 0 Å². The Bertz CT molecular complexity index is 254. The smallest absolute Gasteiger partial charge is 0.236 e. The summed E-state index contributed by atoms with van der Waals surface area (Å²) in [5.41, 5.74) is 6.41. The average Bonchev–Trinajstić information content (AvgIpc) is 2.67. The minimum absolute atomic E-state index is 0.391. The molecule has 0 bridgehead atoms. The van der Waals surface area contributed by atoms with Crippen LogP contribution in [0.25, 0.3) is 0 Å². The van der Waals surface area contributed by atoms with Gasteiger partial charge in [0, 0.05) is 5.92 Å². The van der Waals surface area contributed by atoms with Gasteiger partial charge in [0.15, 0.2) is 0 Å². The van der Waals surface area contributed by atoms with Gasteiger partial charge in [-0.2, -0.15) is 0 Å². The maximum absolute atomic E-state index is 5.43. The van der Waals surface area contributed by atoms with Gasteiger partial charge in [-0.1, -0.05) is 5.16 Å². The van der Waals surface area contributed by atoms with Gasteiger partial charge in [-0.05, 0) is 28.8 Å². The molecule has 2 rings (SSSR count). The fraction of sp³-hybridized carbons (Fsp3) is 0.500. The van der Waals surface area contributed by atoms with E-state index >= 15 is 0 Å². The molecule has 1 heterocycles. The third kappa shape index (κ3) is 0.831. The van der Waals surface area contributed by atoms with Gasteiger partial charge in [0.2, 0.25) is 5.88 Å². The summed E-state index contributed by atoms with van der Waals surface area (Å²) in [5.74, 6) is 0.984. The second kappa shape index (κ2) is 1.99. The molecule has 54 valence electrons. The summed E-state index contributed by atoms with van der Waals surface area (Å²) in [6.07, 6.45) is 2.43. The molecular formula is C6H7BrN2O. The number of hydrogen-bond acceptors (Lipinski definition) is 3. The van der Waals surface area contributed by atoms with Crippen molar-refractivity contribution >= 4 is 21.8 Å². The standard InChI is InChI=1S/C6H7BrN2O/c7-4-5(3-1-2-3)9-10-6(4)8/h3H,1-2,8H2. The Kier molecular flexibility index (Phi) is 1.23. The second-order valence-corrected chi connectivity index (χ2v) is 3.31. The summed E-state index contributed by atoms with van der Waals surface area (Å²) >= 11 is 3.31. The Morgan fingerprint density at radius 2 is 2.30 bits per heavy atom. The average molecular weight is 203 g/mol. The molecule has 10 heavy (non-hydrogen) atoms. The van der Waals surface area contributed by atoms with Gasteiger partial charge in [0.1, 0.15) is 10.2 Å². The zero-order valence-corrected chi connectivity index (χ0v) is 6.89. The van der Waals surface area contributed by atoms with E-state index < -0.39 is 0 Å². The first kappa shape index (κ1) is 6.22. The van der Waals surface area contributed by atoms with E-state index in [1.807, 2.05) is 0 Å². The van der Waals surface area contributed by atoms with Crippen LogP contribution in [0.1, 0.15) is 24.5 Å². The topological polar surface area (TPSA) is 52.0 Å². The van der Waals surface area contributed by atoms with Gasteiger partial charge in [0.05, 0.1) is 0 Å². The van der Waals surface area contributed by atoms with Crippen LogP contribution in [0.15, 0.2) is 9.00 Å². The molecule has 1 fully saturated rings. The van der Waals surface area contributed by atoms with E-state index in [1.54, 1.807) is 0 Å². The Balaban J connectivity index is 2.40. The number of rotatable bonds is 1. The lowest BCUT2D eigenvalue weighted by Crippen LogP contribution is -1.81. The summed E-state index contributed by atoms with van der Waals surface area (Å²) in [6.45, 7) is 0. The first-order valence-corrected chi connectivity index (χ1v) is 3.99. The third-order valence-electron chi connectivity index (χ3n) is 1.65. The van der Waals surface area contributed by atoms with Crippen LogP contribution in [-0.4, -0.2) is 5.16 Å². The molecule has 1 saturated carbocycles. The van der Waals surface area contributed by atoms with Crippen LogP contribution in [0.3, 0.4) is 0 Å². The van der Waals surface area contributed by atoms with E-state index in [0.717, 1.165) is 10.2 Å². The van der Waals surface area contributed by atoms with E-state index in [1.165, 1.54) is 12.8 Å². The van der Waals surface area contributed by atoms with Crippen molar-refractivity contribution in [1.82, 2.24) is 5.16 Å². The lowest BCUT2D eigenvalue weighted by atomic mass is 10.3. The van der Waals surface area contributed by atoms with Crippen molar-refractivity contribution in [3.05, 3.63) is 10.2 Å². The molecule has 2 N–H and O–H groups in total. The molecule has 0 aromatic carbocycles. The summed E-state index contributed by atoms with van der Waals surface area (Å²) in [7, 11) is 0. The highest BCUT2D eigenvalue weighted by atomic mass is 79.9. The highest BCUT2D eigenvalue weighted by Gasteiger charge is 2.30. The second-order valence-electron chi connectivity index (χ2n) is 2.52. The van der Waals surface area contributed by atoms with Crippen molar-refractivity contribution in [2.24, 2.45) is 0 Å². The first-order chi connectivity index (χ1) is 4.79. The summed E-state index contributed by atoms with van der Waals surface area (Å²) in [5, 5.41) is 3.83. The van der Waals surface area contributed by atoms with E-state index in [4.69, 9.17) is 10.3 Å². The summed E-state index contributed by atoms with van der Waals surface area (Å²) in [4.78, 5) is 0. The van der Waals surface area contributed by atoms with Crippen molar-refractivity contribution in [2.45, 2.75) is 18.8 Å². The van der Waals surface area contributed by atoms with Crippen molar-refractivity contribution in [3.63, 3.8) is 0 Å². The number of halogens is 1. The van der Waals surface area contributed by atoms with Crippen LogP contribution in [0.4, 0.5) is 5.88 Å². The minimum Gasteiger partial charge on any atom is -0.367 e. The van der Waals surface area contributed by atoms with Gasteiger partial charge < -0.3 is 10.3 Å². The molecule has 3 nitrogen and oxygen atoms in total. The van der Waals surface area contributed by atoms with Crippen LogP contribution in [0, 0.1) is 0 Å². The minimum atomic E-state index is 0.391. The number of anilines is 1. The molecule has 1 aliphatic rings. The Hall–Kier alpha value is -0.510. The molecule has 1 aromatic rings. The van der Waals surface area contributed by atoms with Gasteiger partial charge in [-0.15, -0.1) is 0 Å². The van der Waals surface area contributed by atoms with Crippen molar-refractivity contribution in [3.8, 4) is 0 Å². The molecule has 1 aromatic heterocycles. The third-order valence-corrected chi connectivity index (χ3v) is 2.44. The molecule has 1 aliphatic carbocycles. The number of nitrogens with zero attached hydrogens (tertiary/aromatic N) is 1. The quantitative estimate of drug-likeness (QED) is 0.758. The number of nitrogen functional groups attached to an aromatic ring is 1. The highest BCUT2D eigenvalue weighted by Crippen LogP contribution is 2.43. The first-order valence-electron chi connectivity index (χ1n) is 3.19. The fourth-order valence-corrected chi connectivity index (χ4v) is 1.38. The molecule has 0 atom stereocenters. The molecular weight excluding hydrogens is 196 g/mol. The van der Waals surface area contributed by atoms with Crippen LogP contribution in [0.2, 0.25) is 0 Å². The SMILES string of the molecule is Nc1onc(C2CC2)c1Br. The van der Waals surface area contributed by atoms with Crippen molar-refractivity contribution in [1.29, 1.82) is 0 Å². The van der Waals surface area contributed by atoms with E-state index in [-0.39, 0.29) is 0 Å². The molecule has 0 unspecified atom stereocenters. The molecule has 0 amide bonds. The molecule has 0 spiro atoms. The normalized spacial score (nSPS) is 17.7. The van der Waals surface area contributed by atoms with E-state index in [0.29, 0.717) is 11.8 Å². The molecule has 0 saturated heterocycles. The number of hydrogen-bond donors (Lipinski definition) is 1. The van der Waals surface area contributed by atoms with Crippen LogP contribution < -0.4 is 5.73 Å². The van der Waals surface area contributed by atoms with Gasteiger partial charge in [-0.3, -0.25) is 0 Å². The van der Waals surface area contributed by atoms with Crippen LogP contribution in [0.5, 0.6) is 0 Å². The zero-order chi connectivity index (χ0) is 7.14. The lowest BCUT2D eigenvalue weighted by molar-refractivity contribution is 0.427. The molecule has 4 heteroatoms.